The van der Waals surface area contributed by atoms with Crippen LogP contribution < -0.4 is 10.0 Å². The summed E-state index contributed by atoms with van der Waals surface area (Å²) in [5, 5.41) is 3.11. The second kappa shape index (κ2) is 9.55. The van der Waals surface area contributed by atoms with Crippen LogP contribution in [-0.2, 0) is 21.2 Å². The summed E-state index contributed by atoms with van der Waals surface area (Å²) in [6, 6.07) is 15.4. The van der Waals surface area contributed by atoms with E-state index in [1.54, 1.807) is 24.3 Å². The molecule has 0 heterocycles. The first-order valence-electron chi connectivity index (χ1n) is 10.3. The molecule has 6 heteroatoms. The predicted octanol–water partition coefficient (Wildman–Crippen LogP) is 3.58. The second-order valence-electron chi connectivity index (χ2n) is 8.05. The van der Waals surface area contributed by atoms with E-state index in [-0.39, 0.29) is 16.8 Å². The van der Waals surface area contributed by atoms with Gasteiger partial charge in [-0.15, -0.1) is 0 Å². The Morgan fingerprint density at radius 2 is 1.69 bits per heavy atom. The predicted molar refractivity (Wildman–Crippen MR) is 115 cm³/mol. The molecule has 0 spiro atoms. The normalized spacial score (nSPS) is 20.8. The number of rotatable bonds is 7. The molecule has 1 fully saturated rings. The molecule has 2 aromatic rings. The van der Waals surface area contributed by atoms with Crippen LogP contribution in [0.15, 0.2) is 59.5 Å². The number of sulfonamides is 1. The van der Waals surface area contributed by atoms with Gasteiger partial charge in [-0.3, -0.25) is 4.79 Å². The van der Waals surface area contributed by atoms with Gasteiger partial charge >= 0.3 is 0 Å². The van der Waals surface area contributed by atoms with Crippen molar-refractivity contribution in [3.05, 3.63) is 65.7 Å². The minimum absolute atomic E-state index is 0.0957. The number of aryl methyl sites for hydroxylation is 1. The maximum Gasteiger partial charge on any atom is 0.241 e. The molecule has 0 radical (unpaired) electrons. The molecule has 1 aliphatic rings. The van der Waals surface area contributed by atoms with Crippen LogP contribution in [-0.4, -0.2) is 26.4 Å². The highest BCUT2D eigenvalue weighted by Gasteiger charge is 2.30. The minimum Gasteiger partial charge on any atom is -0.352 e. The van der Waals surface area contributed by atoms with Crippen LogP contribution in [0.5, 0.6) is 0 Å². The van der Waals surface area contributed by atoms with Crippen molar-refractivity contribution >= 4 is 15.9 Å². The van der Waals surface area contributed by atoms with Crippen LogP contribution in [0.25, 0.3) is 0 Å². The molecule has 0 bridgehead atoms. The maximum absolute atomic E-state index is 13.1. The molecular formula is C23H30N2O3S. The minimum atomic E-state index is -3.81. The van der Waals surface area contributed by atoms with Crippen LogP contribution in [0.3, 0.4) is 0 Å². The molecule has 156 valence electrons. The molecule has 0 aliphatic heterocycles. The molecule has 0 aromatic heterocycles. The lowest BCUT2D eigenvalue weighted by Gasteiger charge is -2.31. The molecule has 3 rings (SSSR count). The number of amides is 1. The fraction of sp³-hybridized carbons (Fsp3) is 0.435. The molecule has 1 aliphatic carbocycles. The summed E-state index contributed by atoms with van der Waals surface area (Å²) in [6.07, 6.45) is 4.60. The van der Waals surface area contributed by atoms with E-state index in [2.05, 4.69) is 17.0 Å². The van der Waals surface area contributed by atoms with Gasteiger partial charge in [0.1, 0.15) is 6.04 Å². The van der Waals surface area contributed by atoms with Crippen molar-refractivity contribution in [3.63, 3.8) is 0 Å². The summed E-state index contributed by atoms with van der Waals surface area (Å²) >= 11 is 0. The fourth-order valence-corrected chi connectivity index (χ4v) is 5.02. The standard InChI is InChI=1S/C23H30N2O3S/c1-17-12-14-20(15-13-17)29(27,28)25-22(16-19-9-4-3-5-10-19)23(26)24-21-11-7-6-8-18(21)2/h3-5,9-10,12-15,18,21-22,25H,6-8,11,16H2,1-2H3,(H,24,26)/t18-,21+,22+/m1/s1. The summed E-state index contributed by atoms with van der Waals surface area (Å²) in [6.45, 7) is 4.05. The summed E-state index contributed by atoms with van der Waals surface area (Å²) in [5.74, 6) is 0.141. The first-order valence-corrected chi connectivity index (χ1v) is 11.8. The number of nitrogens with one attached hydrogen (secondary N) is 2. The molecule has 2 aromatic carbocycles. The van der Waals surface area contributed by atoms with E-state index >= 15 is 0 Å². The highest BCUT2D eigenvalue weighted by Crippen LogP contribution is 2.24. The SMILES string of the molecule is Cc1ccc(S(=O)(=O)N[C@@H](Cc2ccccc2)C(=O)N[C@H]2CCCC[C@H]2C)cc1. The van der Waals surface area contributed by atoms with Gasteiger partial charge in [-0.05, 0) is 49.8 Å². The zero-order valence-corrected chi connectivity index (χ0v) is 17.9. The molecule has 2 N–H and O–H groups in total. The van der Waals surface area contributed by atoms with E-state index in [0.717, 1.165) is 30.4 Å². The summed E-state index contributed by atoms with van der Waals surface area (Å²) in [7, 11) is -3.81. The van der Waals surface area contributed by atoms with Gasteiger partial charge in [0.25, 0.3) is 0 Å². The van der Waals surface area contributed by atoms with Crippen molar-refractivity contribution in [1.29, 1.82) is 0 Å². The highest BCUT2D eigenvalue weighted by molar-refractivity contribution is 7.89. The lowest BCUT2D eigenvalue weighted by atomic mass is 9.86. The molecular weight excluding hydrogens is 384 g/mol. The van der Waals surface area contributed by atoms with Crippen LogP contribution in [0.1, 0.15) is 43.7 Å². The lowest BCUT2D eigenvalue weighted by molar-refractivity contribution is -0.124. The molecule has 29 heavy (non-hydrogen) atoms. The Hall–Kier alpha value is -2.18. The van der Waals surface area contributed by atoms with Gasteiger partial charge in [-0.2, -0.15) is 4.72 Å². The fourth-order valence-electron chi connectivity index (χ4n) is 3.82. The topological polar surface area (TPSA) is 75.3 Å². The van der Waals surface area contributed by atoms with Crippen LogP contribution in [0.4, 0.5) is 0 Å². The van der Waals surface area contributed by atoms with Crippen LogP contribution in [0.2, 0.25) is 0 Å². The quantitative estimate of drug-likeness (QED) is 0.727. The zero-order chi connectivity index (χ0) is 20.9. The Labute approximate surface area is 174 Å². The number of carbonyl (C=O) groups is 1. The number of hydrogen-bond acceptors (Lipinski definition) is 3. The van der Waals surface area contributed by atoms with Crippen molar-refractivity contribution in [2.75, 3.05) is 0 Å². The lowest BCUT2D eigenvalue weighted by Crippen LogP contribution is -2.52. The van der Waals surface area contributed by atoms with Crippen molar-refractivity contribution in [2.45, 2.75) is 62.9 Å². The number of carbonyl (C=O) groups excluding carboxylic acids is 1. The largest absolute Gasteiger partial charge is 0.352 e. The van der Waals surface area contributed by atoms with E-state index in [0.29, 0.717) is 12.3 Å². The molecule has 1 amide bonds. The van der Waals surface area contributed by atoms with Crippen molar-refractivity contribution in [2.24, 2.45) is 5.92 Å². The average Bonchev–Trinajstić information content (AvgIpc) is 2.70. The van der Waals surface area contributed by atoms with Gasteiger partial charge in [0.2, 0.25) is 15.9 Å². The molecule has 0 saturated heterocycles. The Kier molecular flexibility index (Phi) is 7.09. The van der Waals surface area contributed by atoms with Gasteiger partial charge in [-0.25, -0.2) is 8.42 Å². The van der Waals surface area contributed by atoms with E-state index in [1.807, 2.05) is 37.3 Å². The first-order chi connectivity index (χ1) is 13.8. The van der Waals surface area contributed by atoms with E-state index in [9.17, 15) is 13.2 Å². The summed E-state index contributed by atoms with van der Waals surface area (Å²) < 4.78 is 28.5. The Bertz CT molecular complexity index is 911. The summed E-state index contributed by atoms with van der Waals surface area (Å²) in [5.41, 5.74) is 1.89. The Morgan fingerprint density at radius 1 is 1.03 bits per heavy atom. The Morgan fingerprint density at radius 3 is 2.34 bits per heavy atom. The zero-order valence-electron chi connectivity index (χ0n) is 17.1. The van der Waals surface area contributed by atoms with Gasteiger partial charge in [-0.1, -0.05) is 67.8 Å². The van der Waals surface area contributed by atoms with E-state index in [4.69, 9.17) is 0 Å². The number of benzene rings is 2. The monoisotopic (exact) mass is 414 g/mol. The third-order valence-corrected chi connectivity index (χ3v) is 7.15. The van der Waals surface area contributed by atoms with Crippen molar-refractivity contribution < 1.29 is 13.2 Å². The van der Waals surface area contributed by atoms with Crippen molar-refractivity contribution in [1.82, 2.24) is 10.0 Å². The highest BCUT2D eigenvalue weighted by atomic mass is 32.2. The van der Waals surface area contributed by atoms with Crippen LogP contribution >= 0.6 is 0 Å². The van der Waals surface area contributed by atoms with Gasteiger partial charge < -0.3 is 5.32 Å². The molecule has 5 nitrogen and oxygen atoms in total. The molecule has 3 atom stereocenters. The van der Waals surface area contributed by atoms with Gasteiger partial charge in [0.15, 0.2) is 0 Å². The smallest absolute Gasteiger partial charge is 0.241 e. The number of hydrogen-bond donors (Lipinski definition) is 2. The van der Waals surface area contributed by atoms with Crippen LogP contribution in [0, 0.1) is 12.8 Å². The van der Waals surface area contributed by atoms with E-state index in [1.165, 1.54) is 6.42 Å². The van der Waals surface area contributed by atoms with Crippen molar-refractivity contribution in [3.8, 4) is 0 Å². The molecule has 0 unspecified atom stereocenters. The first kappa shape index (κ1) is 21.5. The molecule has 1 saturated carbocycles. The van der Waals surface area contributed by atoms with Gasteiger partial charge in [0, 0.05) is 6.04 Å². The van der Waals surface area contributed by atoms with Gasteiger partial charge in [0.05, 0.1) is 4.90 Å². The maximum atomic E-state index is 13.1. The average molecular weight is 415 g/mol. The third kappa shape index (κ3) is 5.90. The summed E-state index contributed by atoms with van der Waals surface area (Å²) in [4.78, 5) is 13.3. The third-order valence-electron chi connectivity index (χ3n) is 5.67. The van der Waals surface area contributed by atoms with E-state index < -0.39 is 16.1 Å². The second-order valence-corrected chi connectivity index (χ2v) is 9.77. The Balaban J connectivity index is 1.80.